The third-order valence-electron chi connectivity index (χ3n) is 13.6. The molecule has 3 unspecified atom stereocenters. The van der Waals surface area contributed by atoms with Crippen LogP contribution in [-0.2, 0) is 35.0 Å². The molecule has 0 radical (unpaired) electrons. The molecule has 0 heterocycles. The Morgan fingerprint density at radius 1 is 0.725 bits per heavy atom. The van der Waals surface area contributed by atoms with Gasteiger partial charge in [-0.2, -0.15) is 0 Å². The fraction of sp³-hybridized carbons (Fsp3) is 0.923. The minimum Gasteiger partial charge on any atom is -0.477 e. The molecule has 51 heavy (non-hydrogen) atoms. The van der Waals surface area contributed by atoms with Gasteiger partial charge in [0, 0.05) is 12.0 Å². The van der Waals surface area contributed by atoms with E-state index in [4.69, 9.17) is 14.1 Å². The summed E-state index contributed by atoms with van der Waals surface area (Å²) in [6, 6.07) is 0. The van der Waals surface area contributed by atoms with E-state index in [9.17, 15) is 23.7 Å². The van der Waals surface area contributed by atoms with Crippen molar-refractivity contribution >= 4 is 29.0 Å². The van der Waals surface area contributed by atoms with E-state index in [1.165, 1.54) is 0 Å². The number of quaternary nitrogens is 2. The van der Waals surface area contributed by atoms with Crippen molar-refractivity contribution in [1.82, 2.24) is 4.90 Å². The van der Waals surface area contributed by atoms with Crippen molar-refractivity contribution in [1.29, 1.82) is 0 Å². The fourth-order valence-corrected chi connectivity index (χ4v) is 8.08. The Morgan fingerprint density at radius 3 is 1.59 bits per heavy atom. The molecule has 0 fully saturated rings. The van der Waals surface area contributed by atoms with Gasteiger partial charge in [-0.05, 0) is 68.2 Å². The summed E-state index contributed by atoms with van der Waals surface area (Å²) >= 11 is -1.83. The van der Waals surface area contributed by atoms with E-state index in [-0.39, 0.29) is 30.3 Å². The molecule has 0 aromatic rings. The molecule has 0 spiro atoms. The van der Waals surface area contributed by atoms with Crippen molar-refractivity contribution < 1.29 is 47.0 Å². The Morgan fingerprint density at radius 2 is 1.20 bits per heavy atom. The lowest BCUT2D eigenvalue weighted by molar-refractivity contribution is -1.05. The second-order valence-corrected chi connectivity index (χ2v) is 21.8. The van der Waals surface area contributed by atoms with Crippen molar-refractivity contribution in [3.63, 3.8) is 0 Å². The van der Waals surface area contributed by atoms with E-state index in [0.29, 0.717) is 30.4 Å². The van der Waals surface area contributed by atoms with Crippen molar-refractivity contribution in [2.24, 2.45) is 32.5 Å². The number of hydroxylamine groups is 3. The summed E-state index contributed by atoms with van der Waals surface area (Å²) in [4.78, 5) is 48.6. The van der Waals surface area contributed by atoms with Crippen LogP contribution in [0.4, 0.5) is 0 Å². The van der Waals surface area contributed by atoms with Crippen molar-refractivity contribution in [2.75, 3.05) is 67.2 Å². The molecule has 0 bridgehead atoms. The van der Waals surface area contributed by atoms with Gasteiger partial charge in [0.2, 0.25) is 6.54 Å². The van der Waals surface area contributed by atoms with E-state index in [2.05, 4.69) is 81.1 Å². The first-order valence-electron chi connectivity index (χ1n) is 18.3. The number of ether oxygens (including phenoxy) is 1. The van der Waals surface area contributed by atoms with Gasteiger partial charge in [-0.3, -0.25) is 14.5 Å². The van der Waals surface area contributed by atoms with Crippen LogP contribution in [0.1, 0.15) is 124 Å². The maximum absolute atomic E-state index is 14.5. The number of nitrogens with zero attached hydrogens (tertiary/aromatic N) is 3. The lowest BCUT2D eigenvalue weighted by Gasteiger charge is -2.66. The summed E-state index contributed by atoms with van der Waals surface area (Å²) in [5, 5.41) is 9.52. The predicted molar refractivity (Wildman–Crippen MR) is 207 cm³/mol. The van der Waals surface area contributed by atoms with Crippen LogP contribution in [0.15, 0.2) is 0 Å². The smallest absolute Gasteiger partial charge is 0.373 e. The summed E-state index contributed by atoms with van der Waals surface area (Å²) in [5.41, 5.74) is -5.45. The first kappa shape index (κ1) is 49.4. The number of hydrogen-bond acceptors (Lipinski definition) is 7. The highest BCUT2D eigenvalue weighted by Gasteiger charge is 2.66. The van der Waals surface area contributed by atoms with Crippen molar-refractivity contribution in [3.8, 4) is 0 Å². The topological polar surface area (TPSA) is 130 Å². The zero-order valence-electron chi connectivity index (χ0n) is 36.5. The Balaban J connectivity index is 6.98. The molecule has 0 saturated carbocycles. The van der Waals surface area contributed by atoms with Crippen LogP contribution >= 0.6 is 0 Å². The second-order valence-electron chi connectivity index (χ2n) is 20.8. The van der Waals surface area contributed by atoms with E-state index < -0.39 is 65.8 Å². The molecular formula is C39H79N3O8S+2. The molecule has 0 rings (SSSR count). The summed E-state index contributed by atoms with van der Waals surface area (Å²) in [5.74, 6) is -1.62. The zero-order valence-corrected chi connectivity index (χ0v) is 37.4. The maximum atomic E-state index is 14.5. The van der Waals surface area contributed by atoms with Gasteiger partial charge < -0.3 is 18.9 Å². The predicted octanol–water partition coefficient (Wildman–Crippen LogP) is 6.87. The molecule has 0 aromatic heterocycles. The van der Waals surface area contributed by atoms with Crippen LogP contribution in [0.25, 0.3) is 0 Å². The van der Waals surface area contributed by atoms with Gasteiger partial charge in [-0.15, -0.1) is 4.65 Å². The molecule has 0 aliphatic carbocycles. The molecule has 0 aromatic carbocycles. The number of carboxylic acids is 1. The number of likely N-dealkylation sites (N-methyl/N-ethyl adjacent to an activating group) is 3. The molecule has 11 nitrogen and oxygen atoms in total. The minimum absolute atomic E-state index is 0.208. The van der Waals surface area contributed by atoms with Gasteiger partial charge >= 0.3 is 17.9 Å². The summed E-state index contributed by atoms with van der Waals surface area (Å²) in [6.45, 7) is 34.7. The lowest BCUT2D eigenvalue weighted by Crippen LogP contribution is -2.72. The number of aliphatic carboxylic acids is 1. The number of esters is 1. The molecule has 0 amide bonds. The number of carbonyl (C=O) groups is 3. The highest BCUT2D eigenvalue weighted by Crippen LogP contribution is 2.65. The Kier molecular flexibility index (Phi) is 15.5. The third kappa shape index (κ3) is 11.0. The zero-order chi connectivity index (χ0) is 41.3. The van der Waals surface area contributed by atoms with Gasteiger partial charge in [0.15, 0.2) is 11.1 Å². The Labute approximate surface area is 314 Å². The van der Waals surface area contributed by atoms with Crippen LogP contribution in [0.5, 0.6) is 0 Å². The van der Waals surface area contributed by atoms with Gasteiger partial charge in [-0.25, -0.2) is 13.8 Å². The highest BCUT2D eigenvalue weighted by atomic mass is 32.2. The normalized spacial score (nSPS) is 17.4. The Bertz CT molecular complexity index is 1260. The standard InChI is InChI=1S/C39H77N3O8S/c1-32(2,3)28-38(15,30(45)50-42(20,21)27-29(43)44)36(11,12)34(7,8)35(9,10)37(13,14)40(17)39(16,33(4,5)6)31(46)49-25-24-41(18,19)23-22-26-51(47)48/h22-28H2,1-21H3/p+2. The fourth-order valence-electron chi connectivity index (χ4n) is 7.71. The molecule has 12 heteroatoms. The van der Waals surface area contributed by atoms with Crippen molar-refractivity contribution in [2.45, 2.75) is 135 Å². The molecular weight excluding hydrogens is 671 g/mol. The summed E-state index contributed by atoms with van der Waals surface area (Å²) in [7, 11) is 9.19. The molecule has 0 aliphatic rings. The number of hydrogen-bond donors (Lipinski definition) is 2. The van der Waals surface area contributed by atoms with Gasteiger partial charge in [0.1, 0.15) is 32.8 Å². The second kappa shape index (κ2) is 16.0. The number of carbonyl (C=O) groups excluding carboxylic acids is 2. The third-order valence-corrected chi connectivity index (χ3v) is 14.2. The van der Waals surface area contributed by atoms with Crippen LogP contribution in [0.2, 0.25) is 0 Å². The monoisotopic (exact) mass is 750 g/mol. The first-order valence-corrected chi connectivity index (χ1v) is 19.6. The molecule has 0 aliphatic heterocycles. The minimum atomic E-state index is -1.83. The molecule has 302 valence electrons. The van der Waals surface area contributed by atoms with E-state index in [0.717, 1.165) is 0 Å². The summed E-state index contributed by atoms with van der Waals surface area (Å²) < 4.78 is 26.5. The van der Waals surface area contributed by atoms with Crippen molar-refractivity contribution in [3.05, 3.63) is 0 Å². The van der Waals surface area contributed by atoms with Gasteiger partial charge in [0.25, 0.3) is 0 Å². The van der Waals surface area contributed by atoms with E-state index >= 15 is 0 Å². The van der Waals surface area contributed by atoms with Gasteiger partial charge in [-0.1, -0.05) is 83.1 Å². The summed E-state index contributed by atoms with van der Waals surface area (Å²) in [6.07, 6.45) is 1.08. The number of carboxylic acid groups (broad SMARTS) is 1. The molecule has 0 saturated heterocycles. The maximum Gasteiger partial charge on any atom is 0.373 e. The van der Waals surface area contributed by atoms with Crippen LogP contribution in [-0.4, -0.2) is 124 Å². The van der Waals surface area contributed by atoms with Crippen LogP contribution in [0, 0.1) is 32.5 Å². The highest BCUT2D eigenvalue weighted by molar-refractivity contribution is 7.79. The van der Waals surface area contributed by atoms with E-state index in [1.54, 1.807) is 14.1 Å². The van der Waals surface area contributed by atoms with Crippen LogP contribution < -0.4 is 0 Å². The number of rotatable bonds is 19. The average molecular weight is 750 g/mol. The largest absolute Gasteiger partial charge is 0.477 e. The Hall–Kier alpha value is -1.60. The molecule has 2 N–H and O–H groups in total. The average Bonchev–Trinajstić information content (AvgIpc) is 2.88. The SMILES string of the molecule is CN(C(C)(C)C(C)(C)C(C)(C)C(C)(C)C(C)(CC(C)(C)C)C(=O)O[N+](C)(C)CC(=O)O)C(C)(C(=O)OCC[N+](C)(C)CCCS(=O)O)C(C)(C)C. The quantitative estimate of drug-likeness (QED) is 0.0629. The molecule has 3 atom stereocenters. The van der Waals surface area contributed by atoms with E-state index in [1.807, 2.05) is 55.8 Å². The lowest BCUT2D eigenvalue weighted by atomic mass is 9.42. The van der Waals surface area contributed by atoms with Gasteiger partial charge in [0.05, 0.1) is 31.8 Å². The van der Waals surface area contributed by atoms with Crippen LogP contribution in [0.3, 0.4) is 0 Å². The first-order chi connectivity index (χ1) is 22.2.